The van der Waals surface area contributed by atoms with E-state index in [2.05, 4.69) is 32.6 Å². The SMILES string of the molecule is Cc1ccnc2c1c(-c1ccnc(S)n1)c1ccnc(N)n12. The van der Waals surface area contributed by atoms with Crippen LogP contribution in [0.5, 0.6) is 0 Å². The Labute approximate surface area is 131 Å². The number of aryl methyl sites for hydroxylation is 1. The molecule has 6 nitrogen and oxygen atoms in total. The third kappa shape index (κ3) is 1.75. The molecule has 0 amide bonds. The number of thiol groups is 1. The summed E-state index contributed by atoms with van der Waals surface area (Å²) in [7, 11) is 0. The number of rotatable bonds is 1. The molecule has 2 N–H and O–H groups in total. The van der Waals surface area contributed by atoms with E-state index < -0.39 is 0 Å². The summed E-state index contributed by atoms with van der Waals surface area (Å²) < 4.78 is 1.85. The molecule has 4 rings (SSSR count). The molecule has 0 atom stereocenters. The molecular formula is C15H12N6S. The molecule has 22 heavy (non-hydrogen) atoms. The Morgan fingerprint density at radius 1 is 1.05 bits per heavy atom. The lowest BCUT2D eigenvalue weighted by Crippen LogP contribution is -1.99. The maximum Gasteiger partial charge on any atom is 0.206 e. The normalized spacial score (nSPS) is 11.4. The highest BCUT2D eigenvalue weighted by Gasteiger charge is 2.18. The average molecular weight is 308 g/mol. The zero-order valence-electron chi connectivity index (χ0n) is 11.7. The Morgan fingerprint density at radius 3 is 2.64 bits per heavy atom. The Bertz CT molecular complexity index is 1020. The minimum atomic E-state index is 0.395. The topological polar surface area (TPSA) is 82.0 Å². The maximum atomic E-state index is 6.06. The van der Waals surface area contributed by atoms with Gasteiger partial charge in [-0.25, -0.2) is 19.9 Å². The van der Waals surface area contributed by atoms with Gasteiger partial charge in [0.25, 0.3) is 0 Å². The summed E-state index contributed by atoms with van der Waals surface area (Å²) in [4.78, 5) is 17.1. The highest BCUT2D eigenvalue weighted by Crippen LogP contribution is 2.36. The molecule has 4 aromatic heterocycles. The first-order chi connectivity index (χ1) is 10.7. The fourth-order valence-corrected chi connectivity index (χ4v) is 2.93. The third-order valence-electron chi connectivity index (χ3n) is 3.67. The number of nitrogens with two attached hydrogens (primary N) is 1. The number of fused-ring (bicyclic) bond motifs is 3. The average Bonchev–Trinajstić information content (AvgIpc) is 2.84. The molecule has 0 spiro atoms. The van der Waals surface area contributed by atoms with Gasteiger partial charge in [0, 0.05) is 29.5 Å². The van der Waals surface area contributed by atoms with Gasteiger partial charge in [-0.15, -0.1) is 12.6 Å². The standard InChI is InChI=1S/C15H12N6S/c1-8-2-5-17-13-11(8)12(9-3-6-19-15(22)20-9)10-4-7-18-14(16)21(10)13/h2-7H,1H3,(H2,16,18)(H,19,20,22). The summed E-state index contributed by atoms with van der Waals surface area (Å²) in [5, 5.41) is 1.43. The van der Waals surface area contributed by atoms with Crippen molar-refractivity contribution in [3.8, 4) is 11.3 Å². The van der Waals surface area contributed by atoms with Crippen LogP contribution >= 0.6 is 12.6 Å². The molecule has 0 bridgehead atoms. The summed E-state index contributed by atoms with van der Waals surface area (Å²) in [6.07, 6.45) is 5.14. The predicted octanol–water partition coefficient (Wildman–Crippen LogP) is 2.52. The smallest absolute Gasteiger partial charge is 0.206 e. The van der Waals surface area contributed by atoms with Crippen LogP contribution in [0.2, 0.25) is 0 Å². The lowest BCUT2D eigenvalue weighted by atomic mass is 10.1. The van der Waals surface area contributed by atoms with Crippen molar-refractivity contribution in [2.24, 2.45) is 0 Å². The van der Waals surface area contributed by atoms with E-state index in [1.807, 2.05) is 29.5 Å². The molecular weight excluding hydrogens is 296 g/mol. The summed E-state index contributed by atoms with van der Waals surface area (Å²) in [6, 6.07) is 5.74. The van der Waals surface area contributed by atoms with Crippen molar-refractivity contribution >= 4 is 35.1 Å². The van der Waals surface area contributed by atoms with E-state index in [4.69, 9.17) is 5.73 Å². The number of hydrogen-bond donors (Lipinski definition) is 2. The van der Waals surface area contributed by atoms with Crippen molar-refractivity contribution in [1.29, 1.82) is 0 Å². The van der Waals surface area contributed by atoms with Crippen LogP contribution in [0, 0.1) is 6.92 Å². The van der Waals surface area contributed by atoms with Gasteiger partial charge in [0.05, 0.1) is 11.2 Å². The molecule has 4 aromatic rings. The van der Waals surface area contributed by atoms with E-state index in [1.54, 1.807) is 18.6 Å². The molecule has 0 aromatic carbocycles. The van der Waals surface area contributed by atoms with Gasteiger partial charge >= 0.3 is 0 Å². The first kappa shape index (κ1) is 13.0. The summed E-state index contributed by atoms with van der Waals surface area (Å²) in [5.41, 5.74) is 10.6. The zero-order chi connectivity index (χ0) is 15.3. The fraction of sp³-hybridized carbons (Fsp3) is 0.0667. The molecule has 108 valence electrons. The van der Waals surface area contributed by atoms with Crippen LogP contribution in [0.4, 0.5) is 5.95 Å². The first-order valence-electron chi connectivity index (χ1n) is 6.69. The van der Waals surface area contributed by atoms with Crippen LogP contribution in [-0.4, -0.2) is 24.3 Å². The first-order valence-corrected chi connectivity index (χ1v) is 7.14. The molecule has 0 radical (unpaired) electrons. The van der Waals surface area contributed by atoms with Crippen LogP contribution in [0.15, 0.2) is 41.9 Å². The Hall–Kier alpha value is -2.67. The summed E-state index contributed by atoms with van der Waals surface area (Å²) in [6.45, 7) is 2.04. The van der Waals surface area contributed by atoms with Gasteiger partial charge in [-0.3, -0.25) is 4.40 Å². The molecule has 0 unspecified atom stereocenters. The number of nitrogens with zero attached hydrogens (tertiary/aromatic N) is 5. The van der Waals surface area contributed by atoms with Crippen molar-refractivity contribution < 1.29 is 0 Å². The molecule has 0 aliphatic carbocycles. The van der Waals surface area contributed by atoms with Crippen molar-refractivity contribution in [2.45, 2.75) is 12.1 Å². The van der Waals surface area contributed by atoms with E-state index in [1.165, 1.54) is 0 Å². The second-order valence-electron chi connectivity index (χ2n) is 4.97. The number of hydrogen-bond acceptors (Lipinski definition) is 6. The van der Waals surface area contributed by atoms with Crippen LogP contribution in [-0.2, 0) is 0 Å². The zero-order valence-corrected chi connectivity index (χ0v) is 12.6. The van der Waals surface area contributed by atoms with Crippen LogP contribution in [0.25, 0.3) is 27.8 Å². The van der Waals surface area contributed by atoms with Gasteiger partial charge in [0.2, 0.25) is 5.95 Å². The Kier molecular flexibility index (Phi) is 2.77. The Balaban J connectivity index is 2.27. The molecule has 0 fully saturated rings. The molecule has 4 heterocycles. The quantitative estimate of drug-likeness (QED) is 0.417. The summed E-state index contributed by atoms with van der Waals surface area (Å²) >= 11 is 4.24. The molecule has 0 saturated carbocycles. The minimum Gasteiger partial charge on any atom is -0.369 e. The molecule has 0 aliphatic heterocycles. The van der Waals surface area contributed by atoms with Crippen molar-refractivity contribution in [1.82, 2.24) is 24.3 Å². The van der Waals surface area contributed by atoms with Crippen LogP contribution in [0.1, 0.15) is 5.56 Å². The highest BCUT2D eigenvalue weighted by atomic mass is 32.1. The van der Waals surface area contributed by atoms with Crippen LogP contribution in [0.3, 0.4) is 0 Å². The Morgan fingerprint density at radius 2 is 1.82 bits per heavy atom. The molecule has 7 heteroatoms. The number of nitrogen functional groups attached to an aromatic ring is 1. The predicted molar refractivity (Wildman–Crippen MR) is 87.9 cm³/mol. The lowest BCUT2D eigenvalue weighted by Gasteiger charge is -2.02. The van der Waals surface area contributed by atoms with Gasteiger partial charge in [-0.05, 0) is 30.7 Å². The van der Waals surface area contributed by atoms with Crippen LogP contribution < -0.4 is 5.73 Å². The number of anilines is 1. The monoisotopic (exact) mass is 308 g/mol. The van der Waals surface area contributed by atoms with Gasteiger partial charge in [0.15, 0.2) is 5.16 Å². The van der Waals surface area contributed by atoms with E-state index in [0.717, 1.165) is 33.4 Å². The van der Waals surface area contributed by atoms with Gasteiger partial charge in [-0.1, -0.05) is 0 Å². The second-order valence-corrected chi connectivity index (χ2v) is 5.37. The largest absolute Gasteiger partial charge is 0.369 e. The van der Waals surface area contributed by atoms with Crippen molar-refractivity contribution in [2.75, 3.05) is 5.73 Å². The van der Waals surface area contributed by atoms with E-state index in [9.17, 15) is 0 Å². The number of pyridine rings is 1. The fourth-order valence-electron chi connectivity index (χ4n) is 2.76. The van der Waals surface area contributed by atoms with E-state index in [-0.39, 0.29) is 0 Å². The summed E-state index contributed by atoms with van der Waals surface area (Å²) in [5.74, 6) is 0.395. The van der Waals surface area contributed by atoms with E-state index in [0.29, 0.717) is 11.1 Å². The highest BCUT2D eigenvalue weighted by molar-refractivity contribution is 7.80. The van der Waals surface area contributed by atoms with Crippen molar-refractivity contribution in [3.63, 3.8) is 0 Å². The van der Waals surface area contributed by atoms with Crippen molar-refractivity contribution in [3.05, 3.63) is 42.4 Å². The number of aromatic nitrogens is 5. The molecule has 0 aliphatic rings. The maximum absolute atomic E-state index is 6.06. The lowest BCUT2D eigenvalue weighted by molar-refractivity contribution is 0.982. The third-order valence-corrected chi connectivity index (χ3v) is 3.88. The van der Waals surface area contributed by atoms with Gasteiger partial charge < -0.3 is 5.73 Å². The van der Waals surface area contributed by atoms with E-state index >= 15 is 0 Å². The minimum absolute atomic E-state index is 0.395. The molecule has 0 saturated heterocycles. The van der Waals surface area contributed by atoms with Gasteiger partial charge in [-0.2, -0.15) is 0 Å². The van der Waals surface area contributed by atoms with Gasteiger partial charge in [0.1, 0.15) is 5.65 Å². The second kappa shape index (κ2) is 4.67.